The van der Waals surface area contributed by atoms with Crippen LogP contribution in [-0.2, 0) is 6.18 Å². The van der Waals surface area contributed by atoms with Crippen molar-refractivity contribution in [2.75, 3.05) is 18.4 Å². The Morgan fingerprint density at radius 1 is 1.37 bits per heavy atom. The van der Waals surface area contributed by atoms with Crippen molar-refractivity contribution in [3.05, 3.63) is 28.2 Å². The summed E-state index contributed by atoms with van der Waals surface area (Å²) in [5.41, 5.74) is 5.54. The maximum atomic E-state index is 12.5. The maximum absolute atomic E-state index is 12.5. The van der Waals surface area contributed by atoms with Crippen LogP contribution in [0, 0.1) is 5.92 Å². The van der Waals surface area contributed by atoms with Crippen molar-refractivity contribution in [3.63, 3.8) is 0 Å². The topological polar surface area (TPSA) is 38.0 Å². The summed E-state index contributed by atoms with van der Waals surface area (Å²) in [6.45, 7) is 3.45. The first-order chi connectivity index (χ1) is 8.84. The SMILES string of the molecule is CC(CN)CCCNc1ccc(C(F)(F)F)cc1Br. The third-order valence-electron chi connectivity index (χ3n) is 2.89. The molecule has 0 aliphatic rings. The molecule has 1 atom stereocenters. The molecular formula is C13H18BrF3N2. The summed E-state index contributed by atoms with van der Waals surface area (Å²) < 4.78 is 37.9. The van der Waals surface area contributed by atoms with Gasteiger partial charge >= 0.3 is 6.18 Å². The van der Waals surface area contributed by atoms with Gasteiger partial charge in [-0.2, -0.15) is 13.2 Å². The Balaban J connectivity index is 2.52. The molecule has 0 fully saturated rings. The number of nitrogens with two attached hydrogens (primary N) is 1. The zero-order valence-electron chi connectivity index (χ0n) is 10.7. The minimum Gasteiger partial charge on any atom is -0.384 e. The summed E-state index contributed by atoms with van der Waals surface area (Å²) in [4.78, 5) is 0. The number of hydrogen-bond acceptors (Lipinski definition) is 2. The number of rotatable bonds is 6. The van der Waals surface area contributed by atoms with Crippen molar-refractivity contribution in [2.24, 2.45) is 11.7 Å². The van der Waals surface area contributed by atoms with E-state index in [1.54, 1.807) is 0 Å². The first-order valence-corrected chi connectivity index (χ1v) is 6.94. The van der Waals surface area contributed by atoms with Gasteiger partial charge in [0.25, 0.3) is 0 Å². The second-order valence-electron chi connectivity index (χ2n) is 4.60. The van der Waals surface area contributed by atoms with Crippen molar-refractivity contribution in [2.45, 2.75) is 25.9 Å². The number of halogens is 4. The fourth-order valence-corrected chi connectivity index (χ4v) is 2.15. The van der Waals surface area contributed by atoms with E-state index in [1.165, 1.54) is 6.07 Å². The molecule has 0 heterocycles. The van der Waals surface area contributed by atoms with Crippen LogP contribution in [0.4, 0.5) is 18.9 Å². The van der Waals surface area contributed by atoms with E-state index < -0.39 is 11.7 Å². The Morgan fingerprint density at radius 2 is 2.05 bits per heavy atom. The van der Waals surface area contributed by atoms with E-state index in [-0.39, 0.29) is 0 Å². The van der Waals surface area contributed by atoms with E-state index in [0.717, 1.165) is 25.0 Å². The van der Waals surface area contributed by atoms with Gasteiger partial charge in [-0.15, -0.1) is 0 Å². The zero-order chi connectivity index (χ0) is 14.5. The summed E-state index contributed by atoms with van der Waals surface area (Å²) in [6, 6.07) is 3.61. The van der Waals surface area contributed by atoms with Gasteiger partial charge in [-0.05, 0) is 59.4 Å². The number of anilines is 1. The lowest BCUT2D eigenvalue weighted by Gasteiger charge is -2.13. The highest BCUT2D eigenvalue weighted by Crippen LogP contribution is 2.33. The summed E-state index contributed by atoms with van der Waals surface area (Å²) in [7, 11) is 0. The maximum Gasteiger partial charge on any atom is 0.416 e. The number of alkyl halides is 3. The Hall–Kier alpha value is -0.750. The van der Waals surface area contributed by atoms with Gasteiger partial charge in [0.1, 0.15) is 0 Å². The fourth-order valence-electron chi connectivity index (χ4n) is 1.63. The van der Waals surface area contributed by atoms with Crippen LogP contribution in [0.3, 0.4) is 0 Å². The Labute approximate surface area is 119 Å². The molecule has 108 valence electrons. The van der Waals surface area contributed by atoms with Gasteiger partial charge in [0.05, 0.1) is 5.56 Å². The molecule has 0 amide bonds. The minimum atomic E-state index is -4.31. The third kappa shape index (κ3) is 5.40. The average molecular weight is 339 g/mol. The molecule has 0 bridgehead atoms. The van der Waals surface area contributed by atoms with Crippen LogP contribution in [0.1, 0.15) is 25.3 Å². The molecule has 0 saturated heterocycles. The van der Waals surface area contributed by atoms with Crippen molar-refractivity contribution < 1.29 is 13.2 Å². The monoisotopic (exact) mass is 338 g/mol. The lowest BCUT2D eigenvalue weighted by atomic mass is 10.1. The third-order valence-corrected chi connectivity index (χ3v) is 3.54. The van der Waals surface area contributed by atoms with Crippen molar-refractivity contribution in [3.8, 4) is 0 Å². The zero-order valence-corrected chi connectivity index (χ0v) is 12.3. The number of hydrogen-bond donors (Lipinski definition) is 2. The van der Waals surface area contributed by atoms with Crippen LogP contribution >= 0.6 is 15.9 Å². The molecule has 19 heavy (non-hydrogen) atoms. The molecule has 6 heteroatoms. The molecule has 1 unspecified atom stereocenters. The smallest absolute Gasteiger partial charge is 0.384 e. The largest absolute Gasteiger partial charge is 0.416 e. The highest BCUT2D eigenvalue weighted by molar-refractivity contribution is 9.10. The molecule has 0 aliphatic heterocycles. The van der Waals surface area contributed by atoms with Gasteiger partial charge in [0, 0.05) is 16.7 Å². The molecule has 1 aromatic carbocycles. The molecule has 0 aliphatic carbocycles. The number of benzene rings is 1. The van der Waals surface area contributed by atoms with Crippen LogP contribution in [0.2, 0.25) is 0 Å². The lowest BCUT2D eigenvalue weighted by Crippen LogP contribution is -2.12. The second-order valence-corrected chi connectivity index (χ2v) is 5.46. The lowest BCUT2D eigenvalue weighted by molar-refractivity contribution is -0.137. The molecule has 0 radical (unpaired) electrons. The highest BCUT2D eigenvalue weighted by atomic mass is 79.9. The summed E-state index contributed by atoms with van der Waals surface area (Å²) in [5.74, 6) is 0.470. The van der Waals surface area contributed by atoms with Gasteiger partial charge in [-0.3, -0.25) is 0 Å². The molecule has 2 nitrogen and oxygen atoms in total. The Kier molecular flexibility index (Phi) is 6.13. The predicted octanol–water partition coefficient (Wildman–Crippen LogP) is 4.25. The van der Waals surface area contributed by atoms with E-state index in [4.69, 9.17) is 5.73 Å². The first kappa shape index (κ1) is 16.3. The Morgan fingerprint density at radius 3 is 2.58 bits per heavy atom. The van der Waals surface area contributed by atoms with Crippen LogP contribution in [0.25, 0.3) is 0 Å². The van der Waals surface area contributed by atoms with Crippen LogP contribution in [-0.4, -0.2) is 13.1 Å². The van der Waals surface area contributed by atoms with Crippen molar-refractivity contribution in [1.29, 1.82) is 0 Å². The molecule has 0 saturated carbocycles. The van der Waals surface area contributed by atoms with Gasteiger partial charge in [-0.1, -0.05) is 6.92 Å². The molecule has 0 spiro atoms. The number of nitrogens with one attached hydrogen (secondary N) is 1. The second kappa shape index (κ2) is 7.14. The minimum absolute atomic E-state index is 0.425. The first-order valence-electron chi connectivity index (χ1n) is 6.15. The highest BCUT2D eigenvalue weighted by Gasteiger charge is 2.30. The van der Waals surface area contributed by atoms with E-state index in [2.05, 4.69) is 28.2 Å². The van der Waals surface area contributed by atoms with E-state index >= 15 is 0 Å². The molecule has 1 rings (SSSR count). The quantitative estimate of drug-likeness (QED) is 0.760. The predicted molar refractivity (Wildman–Crippen MR) is 75.1 cm³/mol. The fraction of sp³-hybridized carbons (Fsp3) is 0.538. The van der Waals surface area contributed by atoms with Gasteiger partial charge < -0.3 is 11.1 Å². The van der Waals surface area contributed by atoms with E-state index in [0.29, 0.717) is 29.2 Å². The van der Waals surface area contributed by atoms with E-state index in [1.807, 2.05) is 0 Å². The molecule has 0 aromatic heterocycles. The van der Waals surface area contributed by atoms with Gasteiger partial charge in [0.2, 0.25) is 0 Å². The standard InChI is InChI=1S/C13H18BrF3N2/c1-9(8-18)3-2-6-19-12-5-4-10(7-11(12)14)13(15,16)17/h4-5,7,9,19H,2-3,6,8,18H2,1H3. The summed E-state index contributed by atoms with van der Waals surface area (Å²) in [5, 5.41) is 3.12. The Bertz CT molecular complexity index is 407. The van der Waals surface area contributed by atoms with Crippen LogP contribution < -0.4 is 11.1 Å². The van der Waals surface area contributed by atoms with Crippen LogP contribution in [0.5, 0.6) is 0 Å². The normalized spacial score (nSPS) is 13.4. The summed E-state index contributed by atoms with van der Waals surface area (Å²) in [6.07, 6.45) is -2.37. The molecule has 3 N–H and O–H groups in total. The van der Waals surface area contributed by atoms with E-state index in [9.17, 15) is 13.2 Å². The van der Waals surface area contributed by atoms with Gasteiger partial charge in [0.15, 0.2) is 0 Å². The molecular weight excluding hydrogens is 321 g/mol. The van der Waals surface area contributed by atoms with Crippen LogP contribution in [0.15, 0.2) is 22.7 Å². The van der Waals surface area contributed by atoms with Crippen molar-refractivity contribution in [1.82, 2.24) is 0 Å². The van der Waals surface area contributed by atoms with Gasteiger partial charge in [-0.25, -0.2) is 0 Å². The van der Waals surface area contributed by atoms with Crippen molar-refractivity contribution >= 4 is 21.6 Å². The summed E-state index contributed by atoms with van der Waals surface area (Å²) >= 11 is 3.15. The molecule has 1 aromatic rings. The average Bonchev–Trinajstić information content (AvgIpc) is 2.34.